The summed E-state index contributed by atoms with van der Waals surface area (Å²) < 4.78 is 1.89. The average molecular weight is 265 g/mol. The molecule has 100 valence electrons. The molecule has 3 rings (SSSR count). The number of aromatic hydroxyl groups is 1. The molecule has 2 N–H and O–H groups in total. The summed E-state index contributed by atoms with van der Waals surface area (Å²) in [6, 6.07) is 17.2. The molecule has 0 fully saturated rings. The van der Waals surface area contributed by atoms with Crippen molar-refractivity contribution in [2.45, 2.75) is 6.54 Å². The minimum Gasteiger partial charge on any atom is -0.508 e. The van der Waals surface area contributed by atoms with Gasteiger partial charge in [0.15, 0.2) is 0 Å². The summed E-state index contributed by atoms with van der Waals surface area (Å²) >= 11 is 0. The molecule has 1 aromatic heterocycles. The zero-order chi connectivity index (χ0) is 13.8. The minimum absolute atomic E-state index is 0.260. The van der Waals surface area contributed by atoms with E-state index in [1.807, 2.05) is 41.2 Å². The molecular formula is C16H15N3O. The molecule has 0 aliphatic rings. The predicted octanol–water partition coefficient (Wildman–Crippen LogP) is 3.38. The van der Waals surface area contributed by atoms with Crippen LogP contribution >= 0.6 is 0 Å². The van der Waals surface area contributed by atoms with Crippen molar-refractivity contribution in [3.63, 3.8) is 0 Å². The Bertz CT molecular complexity index is 674. The van der Waals surface area contributed by atoms with E-state index < -0.39 is 0 Å². The van der Waals surface area contributed by atoms with Crippen LogP contribution in [0, 0.1) is 0 Å². The number of phenolic OH excluding ortho intramolecular Hbond substituents is 1. The number of anilines is 2. The van der Waals surface area contributed by atoms with E-state index in [1.165, 1.54) is 5.56 Å². The zero-order valence-electron chi connectivity index (χ0n) is 10.9. The number of phenols is 1. The Hall–Kier alpha value is -2.75. The van der Waals surface area contributed by atoms with Crippen LogP contribution in [0.15, 0.2) is 67.0 Å². The summed E-state index contributed by atoms with van der Waals surface area (Å²) in [7, 11) is 0. The molecule has 2 aromatic carbocycles. The van der Waals surface area contributed by atoms with Crippen LogP contribution in [0.1, 0.15) is 5.56 Å². The van der Waals surface area contributed by atoms with Crippen LogP contribution in [0.25, 0.3) is 0 Å². The fraction of sp³-hybridized carbons (Fsp3) is 0.0625. The van der Waals surface area contributed by atoms with Crippen molar-refractivity contribution in [3.8, 4) is 5.75 Å². The highest BCUT2D eigenvalue weighted by molar-refractivity contribution is 5.58. The van der Waals surface area contributed by atoms with Gasteiger partial charge in [0.25, 0.3) is 0 Å². The maximum absolute atomic E-state index is 9.25. The summed E-state index contributed by atoms with van der Waals surface area (Å²) in [5.41, 5.74) is 3.06. The van der Waals surface area contributed by atoms with Gasteiger partial charge in [0, 0.05) is 11.9 Å². The smallest absolute Gasteiger partial charge is 0.115 e. The van der Waals surface area contributed by atoms with Gasteiger partial charge in [0.2, 0.25) is 0 Å². The third kappa shape index (κ3) is 2.98. The Morgan fingerprint density at radius 3 is 2.45 bits per heavy atom. The van der Waals surface area contributed by atoms with Crippen LogP contribution in [0.4, 0.5) is 11.4 Å². The number of rotatable bonds is 4. The highest BCUT2D eigenvalue weighted by Crippen LogP contribution is 2.18. The van der Waals surface area contributed by atoms with Gasteiger partial charge >= 0.3 is 0 Å². The molecule has 0 atom stereocenters. The lowest BCUT2D eigenvalue weighted by molar-refractivity contribution is 0.475. The van der Waals surface area contributed by atoms with E-state index >= 15 is 0 Å². The van der Waals surface area contributed by atoms with Crippen molar-refractivity contribution in [1.82, 2.24) is 9.78 Å². The van der Waals surface area contributed by atoms with Crippen molar-refractivity contribution in [2.24, 2.45) is 0 Å². The van der Waals surface area contributed by atoms with Gasteiger partial charge < -0.3 is 10.4 Å². The van der Waals surface area contributed by atoms with Gasteiger partial charge in [-0.1, -0.05) is 30.3 Å². The predicted molar refractivity (Wildman–Crippen MR) is 79.2 cm³/mol. The van der Waals surface area contributed by atoms with Crippen LogP contribution in [0.5, 0.6) is 5.75 Å². The lowest BCUT2D eigenvalue weighted by Crippen LogP contribution is -1.99. The molecule has 0 amide bonds. The van der Waals surface area contributed by atoms with E-state index in [9.17, 15) is 5.11 Å². The number of aromatic nitrogens is 2. The normalized spacial score (nSPS) is 10.4. The van der Waals surface area contributed by atoms with E-state index in [0.29, 0.717) is 0 Å². The number of benzene rings is 2. The monoisotopic (exact) mass is 265 g/mol. The van der Waals surface area contributed by atoms with Crippen LogP contribution in [-0.2, 0) is 6.54 Å². The topological polar surface area (TPSA) is 50.1 Å². The molecule has 0 aliphatic heterocycles. The molecule has 0 radical (unpaired) electrons. The Kier molecular flexibility index (Phi) is 3.37. The lowest BCUT2D eigenvalue weighted by Gasteiger charge is -2.03. The molecular weight excluding hydrogens is 250 g/mol. The van der Waals surface area contributed by atoms with Crippen molar-refractivity contribution in [1.29, 1.82) is 0 Å². The first-order valence-electron chi connectivity index (χ1n) is 6.42. The number of nitrogens with zero attached hydrogens (tertiary/aromatic N) is 2. The Balaban J connectivity index is 1.69. The second-order valence-electron chi connectivity index (χ2n) is 4.58. The first kappa shape index (κ1) is 12.3. The minimum atomic E-state index is 0.260. The van der Waals surface area contributed by atoms with Crippen molar-refractivity contribution in [3.05, 3.63) is 72.6 Å². The standard InChI is InChI=1S/C16H15N3O/c20-16-8-6-14(7-9-16)18-15-10-17-19(12-15)11-13-4-2-1-3-5-13/h1-10,12,18,20H,11H2. The summed E-state index contributed by atoms with van der Waals surface area (Å²) in [5, 5.41) is 16.8. The van der Waals surface area contributed by atoms with Gasteiger partial charge in [0.1, 0.15) is 5.75 Å². The molecule has 0 spiro atoms. The van der Waals surface area contributed by atoms with Gasteiger partial charge in [0.05, 0.1) is 18.4 Å². The average Bonchev–Trinajstić information content (AvgIpc) is 2.90. The zero-order valence-corrected chi connectivity index (χ0v) is 10.9. The molecule has 20 heavy (non-hydrogen) atoms. The van der Waals surface area contributed by atoms with Crippen LogP contribution in [0.2, 0.25) is 0 Å². The molecule has 4 nitrogen and oxygen atoms in total. The number of hydrogen-bond donors (Lipinski definition) is 2. The molecule has 0 saturated heterocycles. The van der Waals surface area contributed by atoms with Gasteiger partial charge in [-0.25, -0.2) is 0 Å². The molecule has 0 saturated carbocycles. The Morgan fingerprint density at radius 1 is 0.950 bits per heavy atom. The van der Waals surface area contributed by atoms with Crippen LogP contribution in [-0.4, -0.2) is 14.9 Å². The van der Waals surface area contributed by atoms with Crippen molar-refractivity contribution < 1.29 is 5.11 Å². The second kappa shape index (κ2) is 5.48. The summed E-state index contributed by atoms with van der Waals surface area (Å²) in [6.45, 7) is 0.748. The van der Waals surface area contributed by atoms with E-state index in [1.54, 1.807) is 18.3 Å². The maximum atomic E-state index is 9.25. The molecule has 1 heterocycles. The SMILES string of the molecule is Oc1ccc(Nc2cnn(Cc3ccccc3)c2)cc1. The van der Waals surface area contributed by atoms with Gasteiger partial charge in [-0.2, -0.15) is 5.10 Å². The van der Waals surface area contributed by atoms with Gasteiger partial charge in [-0.15, -0.1) is 0 Å². The van der Waals surface area contributed by atoms with E-state index in [-0.39, 0.29) is 5.75 Å². The fourth-order valence-corrected chi connectivity index (χ4v) is 2.00. The molecule has 4 heteroatoms. The van der Waals surface area contributed by atoms with E-state index in [2.05, 4.69) is 22.5 Å². The first-order valence-corrected chi connectivity index (χ1v) is 6.42. The molecule has 0 bridgehead atoms. The van der Waals surface area contributed by atoms with Crippen LogP contribution in [0.3, 0.4) is 0 Å². The highest BCUT2D eigenvalue weighted by atomic mass is 16.3. The highest BCUT2D eigenvalue weighted by Gasteiger charge is 2.00. The first-order chi connectivity index (χ1) is 9.79. The fourth-order valence-electron chi connectivity index (χ4n) is 2.00. The molecule has 0 aliphatic carbocycles. The van der Waals surface area contributed by atoms with Crippen molar-refractivity contribution >= 4 is 11.4 Å². The number of hydrogen-bond acceptors (Lipinski definition) is 3. The number of nitrogens with one attached hydrogen (secondary N) is 1. The Labute approximate surface area is 117 Å². The third-order valence-corrected chi connectivity index (χ3v) is 2.98. The van der Waals surface area contributed by atoms with Crippen molar-refractivity contribution in [2.75, 3.05) is 5.32 Å². The molecule has 0 unspecified atom stereocenters. The van der Waals surface area contributed by atoms with Crippen LogP contribution < -0.4 is 5.32 Å². The van der Waals surface area contributed by atoms with E-state index in [4.69, 9.17) is 0 Å². The summed E-state index contributed by atoms with van der Waals surface area (Å²) in [5.74, 6) is 0.260. The summed E-state index contributed by atoms with van der Waals surface area (Å²) in [6.07, 6.45) is 3.75. The Morgan fingerprint density at radius 2 is 1.70 bits per heavy atom. The second-order valence-corrected chi connectivity index (χ2v) is 4.58. The molecule has 3 aromatic rings. The van der Waals surface area contributed by atoms with Gasteiger partial charge in [-0.3, -0.25) is 4.68 Å². The quantitative estimate of drug-likeness (QED) is 0.711. The maximum Gasteiger partial charge on any atom is 0.115 e. The largest absolute Gasteiger partial charge is 0.508 e. The van der Waals surface area contributed by atoms with E-state index in [0.717, 1.165) is 17.9 Å². The third-order valence-electron chi connectivity index (χ3n) is 2.98. The summed E-state index contributed by atoms with van der Waals surface area (Å²) in [4.78, 5) is 0. The lowest BCUT2D eigenvalue weighted by atomic mass is 10.2. The van der Waals surface area contributed by atoms with Gasteiger partial charge in [-0.05, 0) is 29.8 Å².